The Kier molecular flexibility index (Phi) is 8.28. The fraction of sp³-hybridized carbons (Fsp3) is 0.667. The third-order valence-electron chi connectivity index (χ3n) is 3.42. The number of hydrogen-bond donors (Lipinski definition) is 2. The van der Waals surface area contributed by atoms with Crippen molar-refractivity contribution < 1.29 is 19.1 Å². The molecule has 2 N–H and O–H groups in total. The zero-order chi connectivity index (χ0) is 17.2. The molecular weight excluding hydrogens is 300 g/mol. The Hall–Kier alpha value is -1.93. The summed E-state index contributed by atoms with van der Waals surface area (Å²) in [5, 5.41) is 6.32. The number of piperazine rings is 1. The monoisotopic (exact) mass is 326 g/mol. The van der Waals surface area contributed by atoms with Gasteiger partial charge in [-0.2, -0.15) is 0 Å². The number of nitrogens with zero attached hydrogens (tertiary/aromatic N) is 2. The van der Waals surface area contributed by atoms with Crippen LogP contribution in [0.1, 0.15) is 6.92 Å². The van der Waals surface area contributed by atoms with Crippen LogP contribution in [0.3, 0.4) is 0 Å². The van der Waals surface area contributed by atoms with Gasteiger partial charge in [0.25, 0.3) is 0 Å². The molecule has 2 amide bonds. The van der Waals surface area contributed by atoms with Gasteiger partial charge in [-0.05, 0) is 6.92 Å². The smallest absolute Gasteiger partial charge is 0.333 e. The van der Waals surface area contributed by atoms with Crippen LogP contribution in [0.4, 0.5) is 0 Å². The predicted molar refractivity (Wildman–Crippen MR) is 85.7 cm³/mol. The van der Waals surface area contributed by atoms with Gasteiger partial charge in [0.1, 0.15) is 6.61 Å². The van der Waals surface area contributed by atoms with Gasteiger partial charge in [-0.15, -0.1) is 0 Å². The van der Waals surface area contributed by atoms with Crippen LogP contribution in [0.15, 0.2) is 12.2 Å². The van der Waals surface area contributed by atoms with Gasteiger partial charge < -0.3 is 25.2 Å². The van der Waals surface area contributed by atoms with Crippen LogP contribution < -0.4 is 10.6 Å². The van der Waals surface area contributed by atoms with Crippen LogP contribution >= 0.6 is 0 Å². The van der Waals surface area contributed by atoms with Gasteiger partial charge in [-0.1, -0.05) is 6.58 Å². The van der Waals surface area contributed by atoms with E-state index in [4.69, 9.17) is 4.74 Å². The molecule has 0 aliphatic carbocycles. The molecule has 0 aromatic rings. The number of ether oxygens (including phenoxy) is 1. The summed E-state index contributed by atoms with van der Waals surface area (Å²) in [4.78, 5) is 37.4. The van der Waals surface area contributed by atoms with Crippen LogP contribution in [0, 0.1) is 0 Å². The molecule has 0 saturated carbocycles. The molecule has 1 rings (SSSR count). The topological polar surface area (TPSA) is 91.0 Å². The van der Waals surface area contributed by atoms with Crippen molar-refractivity contribution in [2.45, 2.75) is 6.92 Å². The molecule has 1 aliphatic heterocycles. The van der Waals surface area contributed by atoms with Crippen LogP contribution in [-0.4, -0.2) is 87.1 Å². The first kappa shape index (κ1) is 19.1. The molecule has 0 spiro atoms. The maximum atomic E-state index is 11.7. The van der Waals surface area contributed by atoms with Gasteiger partial charge in [0.2, 0.25) is 0 Å². The fourth-order valence-electron chi connectivity index (χ4n) is 1.97. The zero-order valence-electron chi connectivity index (χ0n) is 13.9. The summed E-state index contributed by atoms with van der Waals surface area (Å²) in [6.45, 7) is 9.76. The van der Waals surface area contributed by atoms with Crippen LogP contribution in [0.5, 0.6) is 0 Å². The Bertz CT molecular complexity index is 453. The number of carbonyl (C=O) groups is 3. The van der Waals surface area contributed by atoms with Crippen LogP contribution in [-0.2, 0) is 19.1 Å². The van der Waals surface area contributed by atoms with E-state index in [1.807, 2.05) is 0 Å². The molecule has 0 aromatic carbocycles. The van der Waals surface area contributed by atoms with Crippen molar-refractivity contribution >= 4 is 17.8 Å². The highest BCUT2D eigenvalue weighted by Crippen LogP contribution is 2.01. The molecule has 23 heavy (non-hydrogen) atoms. The SMILES string of the molecule is C=C(C)C(=O)OCCNCCNCCN1CCN(C)C(=O)C1=O. The van der Waals surface area contributed by atoms with Crippen molar-refractivity contribution in [2.24, 2.45) is 0 Å². The Labute approximate surface area is 136 Å². The second-order valence-electron chi connectivity index (χ2n) is 5.44. The molecular formula is C15H26N4O4. The fourth-order valence-corrected chi connectivity index (χ4v) is 1.97. The lowest BCUT2D eigenvalue weighted by Crippen LogP contribution is -2.54. The highest BCUT2D eigenvalue weighted by molar-refractivity contribution is 6.35. The van der Waals surface area contributed by atoms with Crippen molar-refractivity contribution in [3.63, 3.8) is 0 Å². The Morgan fingerprint density at radius 2 is 1.78 bits per heavy atom. The van der Waals surface area contributed by atoms with Crippen molar-refractivity contribution in [3.05, 3.63) is 12.2 Å². The van der Waals surface area contributed by atoms with E-state index in [0.29, 0.717) is 44.9 Å². The summed E-state index contributed by atoms with van der Waals surface area (Å²) in [7, 11) is 1.63. The third-order valence-corrected chi connectivity index (χ3v) is 3.42. The molecule has 1 heterocycles. The molecule has 8 nitrogen and oxygen atoms in total. The van der Waals surface area contributed by atoms with Gasteiger partial charge in [0.15, 0.2) is 0 Å². The van der Waals surface area contributed by atoms with Crippen LogP contribution in [0.25, 0.3) is 0 Å². The largest absolute Gasteiger partial charge is 0.461 e. The molecule has 0 atom stereocenters. The molecule has 8 heteroatoms. The molecule has 1 aliphatic rings. The van der Waals surface area contributed by atoms with Gasteiger partial charge in [-0.3, -0.25) is 9.59 Å². The molecule has 0 aromatic heterocycles. The van der Waals surface area contributed by atoms with E-state index in [2.05, 4.69) is 17.2 Å². The highest BCUT2D eigenvalue weighted by atomic mass is 16.5. The third kappa shape index (κ3) is 6.79. The first-order valence-corrected chi connectivity index (χ1v) is 7.72. The lowest BCUT2D eigenvalue weighted by atomic mass is 10.3. The molecule has 0 unspecified atom stereocenters. The Balaban J connectivity index is 1.98. The van der Waals surface area contributed by atoms with Gasteiger partial charge in [0, 0.05) is 58.4 Å². The summed E-state index contributed by atoms with van der Waals surface area (Å²) < 4.78 is 4.94. The summed E-state index contributed by atoms with van der Waals surface area (Å²) in [5.74, 6) is -1.25. The van der Waals surface area contributed by atoms with Crippen molar-refractivity contribution in [1.29, 1.82) is 0 Å². The standard InChI is InChI=1S/C15H26N4O4/c1-12(2)15(22)23-11-7-17-5-4-16-6-8-19-10-9-18(3)13(20)14(19)21/h16-17H,1,4-11H2,2-3H3. The van der Waals surface area contributed by atoms with E-state index in [1.54, 1.807) is 18.9 Å². The summed E-state index contributed by atoms with van der Waals surface area (Å²) >= 11 is 0. The van der Waals surface area contributed by atoms with E-state index in [9.17, 15) is 14.4 Å². The Morgan fingerprint density at radius 3 is 2.43 bits per heavy atom. The minimum atomic E-state index is -0.442. The lowest BCUT2D eigenvalue weighted by molar-refractivity contribution is -0.154. The molecule has 1 fully saturated rings. The van der Waals surface area contributed by atoms with Gasteiger partial charge in [0.05, 0.1) is 0 Å². The Morgan fingerprint density at radius 1 is 1.13 bits per heavy atom. The summed E-state index contributed by atoms with van der Waals surface area (Å²) in [6.07, 6.45) is 0. The first-order chi connectivity index (χ1) is 10.9. The van der Waals surface area contributed by atoms with E-state index in [1.165, 1.54) is 4.90 Å². The summed E-state index contributed by atoms with van der Waals surface area (Å²) in [5.41, 5.74) is 0.392. The van der Waals surface area contributed by atoms with Crippen molar-refractivity contribution in [2.75, 3.05) is 59.5 Å². The van der Waals surface area contributed by atoms with E-state index >= 15 is 0 Å². The molecule has 0 bridgehead atoms. The second-order valence-corrected chi connectivity index (χ2v) is 5.44. The molecule has 130 valence electrons. The number of rotatable bonds is 10. The normalized spacial score (nSPS) is 15.0. The lowest BCUT2D eigenvalue weighted by Gasteiger charge is -2.31. The second kappa shape index (κ2) is 9.96. The number of amides is 2. The number of likely N-dealkylation sites (N-methyl/N-ethyl adjacent to an activating group) is 1. The zero-order valence-corrected chi connectivity index (χ0v) is 13.9. The van der Waals surface area contributed by atoms with Crippen molar-refractivity contribution in [1.82, 2.24) is 20.4 Å². The van der Waals surface area contributed by atoms with E-state index in [0.717, 1.165) is 13.1 Å². The number of nitrogens with one attached hydrogen (secondary N) is 2. The average Bonchev–Trinajstić information content (AvgIpc) is 2.52. The maximum Gasteiger partial charge on any atom is 0.333 e. The molecule has 1 saturated heterocycles. The quantitative estimate of drug-likeness (QED) is 0.222. The first-order valence-electron chi connectivity index (χ1n) is 7.72. The van der Waals surface area contributed by atoms with Gasteiger partial charge in [-0.25, -0.2) is 4.79 Å². The predicted octanol–water partition coefficient (Wildman–Crippen LogP) is -1.41. The number of hydrogen-bond acceptors (Lipinski definition) is 6. The maximum absolute atomic E-state index is 11.7. The van der Waals surface area contributed by atoms with Gasteiger partial charge >= 0.3 is 17.8 Å². The minimum absolute atomic E-state index is 0.309. The highest BCUT2D eigenvalue weighted by Gasteiger charge is 2.29. The van der Waals surface area contributed by atoms with Crippen molar-refractivity contribution in [3.8, 4) is 0 Å². The minimum Gasteiger partial charge on any atom is -0.461 e. The average molecular weight is 326 g/mol. The summed E-state index contributed by atoms with van der Waals surface area (Å²) in [6, 6.07) is 0. The number of esters is 1. The van der Waals surface area contributed by atoms with E-state index in [-0.39, 0.29) is 5.97 Å². The van der Waals surface area contributed by atoms with E-state index < -0.39 is 11.8 Å². The molecule has 0 radical (unpaired) electrons. The van der Waals surface area contributed by atoms with Crippen LogP contribution in [0.2, 0.25) is 0 Å². The number of carbonyl (C=O) groups excluding carboxylic acids is 3.